The maximum absolute atomic E-state index is 11.6. The number of rotatable bonds is 6. The summed E-state index contributed by atoms with van der Waals surface area (Å²) < 4.78 is 16.4. The Morgan fingerprint density at radius 1 is 0.741 bits per heavy atom. The van der Waals surface area contributed by atoms with E-state index in [2.05, 4.69) is 13.2 Å². The van der Waals surface area contributed by atoms with Gasteiger partial charge in [0.05, 0.1) is 0 Å². The third-order valence-electron chi connectivity index (χ3n) is 3.63. The quantitative estimate of drug-likeness (QED) is 0.406. The van der Waals surface area contributed by atoms with Gasteiger partial charge in [0, 0.05) is 11.1 Å². The molecule has 0 spiro atoms. The van der Waals surface area contributed by atoms with Gasteiger partial charge in [0.1, 0.15) is 23.0 Å². The minimum Gasteiger partial charge on any atom is -0.457 e. The highest BCUT2D eigenvalue weighted by Gasteiger charge is 2.11. The van der Waals surface area contributed by atoms with Crippen molar-refractivity contribution in [3.8, 4) is 23.0 Å². The first kappa shape index (κ1) is 20.0. The first-order valence-corrected chi connectivity index (χ1v) is 8.32. The normalized spacial score (nSPS) is 10.1. The molecule has 0 aliphatic rings. The van der Waals surface area contributed by atoms with Crippen molar-refractivity contribution in [2.75, 3.05) is 0 Å². The molecule has 0 unspecified atom stereocenters. The van der Waals surface area contributed by atoms with E-state index in [4.69, 9.17) is 14.2 Å². The molecule has 0 saturated heterocycles. The minimum atomic E-state index is -0.473. The molecule has 2 aromatic rings. The first-order valence-electron chi connectivity index (χ1n) is 8.32. The number of aryl methyl sites for hydroxylation is 2. The molecule has 0 bridgehead atoms. The van der Waals surface area contributed by atoms with E-state index in [-0.39, 0.29) is 0 Å². The van der Waals surface area contributed by atoms with Crippen LogP contribution in [0.25, 0.3) is 0 Å². The first-order chi connectivity index (χ1) is 12.7. The average molecular weight is 366 g/mol. The van der Waals surface area contributed by atoms with Gasteiger partial charge in [-0.15, -0.1) is 0 Å². The molecule has 0 radical (unpaired) electrons. The molecule has 0 aromatic heterocycles. The van der Waals surface area contributed by atoms with E-state index < -0.39 is 11.9 Å². The van der Waals surface area contributed by atoms with Crippen molar-refractivity contribution in [1.29, 1.82) is 0 Å². The zero-order valence-electron chi connectivity index (χ0n) is 15.9. The maximum Gasteiger partial charge on any atom is 0.338 e. The van der Waals surface area contributed by atoms with Gasteiger partial charge in [-0.2, -0.15) is 0 Å². The SMILES string of the molecule is C=C(C)C(=O)Oc1ccc(Oc2ccc(OC(=O)C(=C)C)cc2C)c(C)c1. The Bertz CT molecular complexity index is 849. The van der Waals surface area contributed by atoms with Crippen LogP contribution in [-0.2, 0) is 9.59 Å². The molecule has 2 aromatic carbocycles. The Kier molecular flexibility index (Phi) is 6.19. The van der Waals surface area contributed by atoms with Gasteiger partial charge >= 0.3 is 11.9 Å². The average Bonchev–Trinajstić information content (AvgIpc) is 2.59. The zero-order valence-corrected chi connectivity index (χ0v) is 15.9. The van der Waals surface area contributed by atoms with Crippen molar-refractivity contribution in [1.82, 2.24) is 0 Å². The number of benzene rings is 2. The Hall–Kier alpha value is -3.34. The fourth-order valence-electron chi connectivity index (χ4n) is 2.11. The molecule has 0 fully saturated rings. The van der Waals surface area contributed by atoms with Crippen molar-refractivity contribution in [2.45, 2.75) is 27.7 Å². The van der Waals surface area contributed by atoms with Crippen molar-refractivity contribution in [3.05, 3.63) is 71.8 Å². The number of hydrogen-bond acceptors (Lipinski definition) is 5. The summed E-state index contributed by atoms with van der Waals surface area (Å²) in [5.74, 6) is 1.15. The van der Waals surface area contributed by atoms with Crippen molar-refractivity contribution < 1.29 is 23.8 Å². The lowest BCUT2D eigenvalue weighted by atomic mass is 10.2. The minimum absolute atomic E-state index is 0.330. The number of carbonyl (C=O) groups excluding carboxylic acids is 2. The van der Waals surface area contributed by atoms with Crippen LogP contribution < -0.4 is 14.2 Å². The van der Waals surface area contributed by atoms with Gasteiger partial charge in [0.15, 0.2) is 0 Å². The van der Waals surface area contributed by atoms with Gasteiger partial charge in [0.25, 0.3) is 0 Å². The Morgan fingerprint density at radius 2 is 1.11 bits per heavy atom. The highest BCUT2D eigenvalue weighted by molar-refractivity contribution is 5.89. The van der Waals surface area contributed by atoms with Crippen LogP contribution in [-0.4, -0.2) is 11.9 Å². The van der Waals surface area contributed by atoms with E-state index in [1.165, 1.54) is 0 Å². The molecule has 0 saturated carbocycles. The van der Waals surface area contributed by atoms with Crippen LogP contribution in [0.1, 0.15) is 25.0 Å². The number of ether oxygens (including phenoxy) is 3. The van der Waals surface area contributed by atoms with E-state index in [1.807, 2.05) is 13.8 Å². The lowest BCUT2D eigenvalue weighted by Gasteiger charge is -2.13. The summed E-state index contributed by atoms with van der Waals surface area (Å²) in [5, 5.41) is 0. The molecule has 5 nitrogen and oxygen atoms in total. The second-order valence-electron chi connectivity index (χ2n) is 6.30. The summed E-state index contributed by atoms with van der Waals surface area (Å²) in [5.41, 5.74) is 2.27. The van der Waals surface area contributed by atoms with E-state index in [0.717, 1.165) is 11.1 Å². The molecular formula is C22H22O5. The molecule has 0 amide bonds. The number of esters is 2. The second kappa shape index (κ2) is 8.36. The van der Waals surface area contributed by atoms with E-state index in [1.54, 1.807) is 50.2 Å². The summed E-state index contributed by atoms with van der Waals surface area (Å²) in [4.78, 5) is 23.2. The summed E-state index contributed by atoms with van der Waals surface area (Å²) in [6.45, 7) is 14.0. The monoisotopic (exact) mass is 366 g/mol. The van der Waals surface area contributed by atoms with Gasteiger partial charge in [-0.1, -0.05) is 13.2 Å². The summed E-state index contributed by atoms with van der Waals surface area (Å²) in [7, 11) is 0. The van der Waals surface area contributed by atoms with Crippen molar-refractivity contribution in [3.63, 3.8) is 0 Å². The van der Waals surface area contributed by atoms with Crippen molar-refractivity contribution in [2.24, 2.45) is 0 Å². The standard InChI is InChI=1S/C22H22O5/c1-13(2)21(23)25-17-7-9-19(15(5)11-17)27-20-10-8-18(12-16(20)6)26-22(24)14(3)4/h7-12H,1,3H2,2,4-6H3. The lowest BCUT2D eigenvalue weighted by molar-refractivity contribution is -0.130. The highest BCUT2D eigenvalue weighted by atomic mass is 16.5. The van der Waals surface area contributed by atoms with Crippen LogP contribution in [0.5, 0.6) is 23.0 Å². The van der Waals surface area contributed by atoms with Gasteiger partial charge in [-0.25, -0.2) is 9.59 Å². The van der Waals surface area contributed by atoms with Gasteiger partial charge < -0.3 is 14.2 Å². The lowest BCUT2D eigenvalue weighted by Crippen LogP contribution is -2.08. The molecular weight excluding hydrogens is 344 g/mol. The molecule has 0 N–H and O–H groups in total. The fraction of sp³-hybridized carbons (Fsp3) is 0.182. The van der Waals surface area contributed by atoms with Gasteiger partial charge in [-0.05, 0) is 75.2 Å². The van der Waals surface area contributed by atoms with Crippen LogP contribution in [0.4, 0.5) is 0 Å². The summed E-state index contributed by atoms with van der Waals surface area (Å²) >= 11 is 0. The van der Waals surface area contributed by atoms with Gasteiger partial charge in [0.2, 0.25) is 0 Å². The largest absolute Gasteiger partial charge is 0.457 e. The summed E-state index contributed by atoms with van der Waals surface area (Å²) in [6, 6.07) is 10.2. The third-order valence-corrected chi connectivity index (χ3v) is 3.63. The predicted molar refractivity (Wildman–Crippen MR) is 103 cm³/mol. The van der Waals surface area contributed by atoms with E-state index in [9.17, 15) is 9.59 Å². The molecule has 0 aliphatic carbocycles. The topological polar surface area (TPSA) is 61.8 Å². The highest BCUT2D eigenvalue weighted by Crippen LogP contribution is 2.32. The van der Waals surface area contributed by atoms with E-state index in [0.29, 0.717) is 34.1 Å². The van der Waals surface area contributed by atoms with Crippen LogP contribution in [0.3, 0.4) is 0 Å². The maximum atomic E-state index is 11.6. The second-order valence-corrected chi connectivity index (χ2v) is 6.30. The molecule has 0 heterocycles. The van der Waals surface area contributed by atoms with E-state index >= 15 is 0 Å². The predicted octanol–water partition coefficient (Wildman–Crippen LogP) is 5.06. The summed E-state index contributed by atoms with van der Waals surface area (Å²) in [6.07, 6.45) is 0. The number of carbonyl (C=O) groups is 2. The van der Waals surface area contributed by atoms with Crippen LogP contribution >= 0.6 is 0 Å². The molecule has 0 aliphatic heterocycles. The molecule has 140 valence electrons. The Balaban J connectivity index is 2.14. The zero-order chi connectivity index (χ0) is 20.1. The molecule has 27 heavy (non-hydrogen) atoms. The fourth-order valence-corrected chi connectivity index (χ4v) is 2.11. The molecule has 0 atom stereocenters. The van der Waals surface area contributed by atoms with Crippen LogP contribution in [0.15, 0.2) is 60.7 Å². The van der Waals surface area contributed by atoms with Crippen molar-refractivity contribution >= 4 is 11.9 Å². The number of hydrogen-bond donors (Lipinski definition) is 0. The smallest absolute Gasteiger partial charge is 0.338 e. The van der Waals surface area contributed by atoms with Gasteiger partial charge in [-0.3, -0.25) is 0 Å². The Morgan fingerprint density at radius 3 is 1.41 bits per heavy atom. The van der Waals surface area contributed by atoms with Crippen LogP contribution in [0, 0.1) is 13.8 Å². The molecule has 2 rings (SSSR count). The molecule has 5 heteroatoms. The van der Waals surface area contributed by atoms with Crippen LogP contribution in [0.2, 0.25) is 0 Å². The Labute approximate surface area is 158 Å². The third kappa shape index (κ3) is 5.31.